The molecule has 0 bridgehead atoms. The summed E-state index contributed by atoms with van der Waals surface area (Å²) in [6.07, 6.45) is 1.50. The van der Waals surface area contributed by atoms with Crippen LogP contribution < -0.4 is 0 Å². The molecule has 2 rings (SSSR count). The summed E-state index contributed by atoms with van der Waals surface area (Å²) in [6.45, 7) is 0. The molecule has 5 heteroatoms. The van der Waals surface area contributed by atoms with Gasteiger partial charge in [0.25, 0.3) is 0 Å². The molecule has 0 aromatic heterocycles. The fraction of sp³-hybridized carbons (Fsp3) is 0. The summed E-state index contributed by atoms with van der Waals surface area (Å²) in [6, 6.07) is 24.0. The zero-order valence-electron chi connectivity index (χ0n) is 10.2. The largest absolute Gasteiger partial charge is 0.231 e. The zero-order valence-corrected chi connectivity index (χ0v) is 11.0. The van der Waals surface area contributed by atoms with Crippen LogP contribution in [0.15, 0.2) is 72.8 Å². The van der Waals surface area contributed by atoms with Crippen molar-refractivity contribution in [1.82, 2.24) is 0 Å². The second kappa shape index (κ2) is 24.6. The van der Waals surface area contributed by atoms with Gasteiger partial charge in [0, 0.05) is 0 Å². The van der Waals surface area contributed by atoms with Gasteiger partial charge in [0.05, 0.1) is 0 Å². The minimum atomic E-state index is 0. The predicted octanol–water partition coefficient (Wildman–Crippen LogP) is 3.60. The first-order valence-electron chi connectivity index (χ1n) is 4.91. The van der Waals surface area contributed by atoms with Crippen LogP contribution in [0.25, 0.3) is 0 Å². The highest BCUT2D eigenvalue weighted by Gasteiger charge is 1.58. The SMILES string of the molecule is Cl.N=C=O.N=C=O.c1ccccc1.c1ccccc1. The second-order valence-corrected chi connectivity index (χ2v) is 2.51. The maximum Gasteiger partial charge on any atom is 0.231 e. The molecule has 100 valence electrons. The van der Waals surface area contributed by atoms with Crippen molar-refractivity contribution in [3.63, 3.8) is 0 Å². The summed E-state index contributed by atoms with van der Waals surface area (Å²) < 4.78 is 0. The molecule has 0 saturated carbocycles. The van der Waals surface area contributed by atoms with Crippen LogP contribution in [-0.2, 0) is 9.59 Å². The molecule has 2 aromatic carbocycles. The van der Waals surface area contributed by atoms with Crippen molar-refractivity contribution < 1.29 is 9.59 Å². The number of hydrogen-bond donors (Lipinski definition) is 2. The van der Waals surface area contributed by atoms with E-state index in [4.69, 9.17) is 20.4 Å². The molecule has 0 aliphatic rings. The van der Waals surface area contributed by atoms with E-state index in [-0.39, 0.29) is 12.4 Å². The lowest BCUT2D eigenvalue weighted by molar-refractivity contribution is 0.562. The van der Waals surface area contributed by atoms with Gasteiger partial charge in [-0.05, 0) is 0 Å². The van der Waals surface area contributed by atoms with Gasteiger partial charge in [0.15, 0.2) is 0 Å². The predicted molar refractivity (Wildman–Crippen MR) is 77.0 cm³/mol. The third-order valence-electron chi connectivity index (χ3n) is 1.33. The molecule has 4 nitrogen and oxygen atoms in total. The number of rotatable bonds is 0. The van der Waals surface area contributed by atoms with Gasteiger partial charge in [-0.1, -0.05) is 72.8 Å². The van der Waals surface area contributed by atoms with Crippen molar-refractivity contribution in [2.45, 2.75) is 0 Å². The summed E-state index contributed by atoms with van der Waals surface area (Å²) >= 11 is 0. The highest BCUT2D eigenvalue weighted by atomic mass is 35.5. The number of benzene rings is 2. The van der Waals surface area contributed by atoms with Gasteiger partial charge in [-0.2, -0.15) is 0 Å². The van der Waals surface area contributed by atoms with Crippen molar-refractivity contribution in [2.75, 3.05) is 0 Å². The number of carbonyl (C=O) groups excluding carboxylic acids is 2. The quantitative estimate of drug-likeness (QED) is 0.570. The fourth-order valence-corrected chi connectivity index (χ4v) is 0.770. The third kappa shape index (κ3) is 31.3. The van der Waals surface area contributed by atoms with E-state index in [2.05, 4.69) is 0 Å². The molecular weight excluding hydrogens is 264 g/mol. The summed E-state index contributed by atoms with van der Waals surface area (Å²) in [4.78, 5) is 16.7. The Balaban J connectivity index is -0.000000188. The molecule has 0 radical (unpaired) electrons. The molecule has 0 saturated heterocycles. The van der Waals surface area contributed by atoms with E-state index < -0.39 is 0 Å². The van der Waals surface area contributed by atoms with Crippen molar-refractivity contribution in [3.05, 3.63) is 72.8 Å². The van der Waals surface area contributed by atoms with Gasteiger partial charge < -0.3 is 0 Å². The van der Waals surface area contributed by atoms with Gasteiger partial charge in [-0.15, -0.1) is 12.4 Å². The van der Waals surface area contributed by atoms with Crippen LogP contribution in [0, 0.1) is 10.8 Å². The zero-order chi connectivity index (χ0) is 13.9. The highest BCUT2D eigenvalue weighted by molar-refractivity contribution is 5.85. The summed E-state index contributed by atoms with van der Waals surface area (Å²) in [5, 5.41) is 10.8. The first-order chi connectivity index (χ1) is 8.83. The van der Waals surface area contributed by atoms with E-state index in [1.165, 1.54) is 0 Å². The first-order valence-corrected chi connectivity index (χ1v) is 4.91. The Hall–Kier alpha value is -2.51. The van der Waals surface area contributed by atoms with Crippen LogP contribution in [0.2, 0.25) is 0 Å². The van der Waals surface area contributed by atoms with E-state index >= 15 is 0 Å². The highest BCUT2D eigenvalue weighted by Crippen LogP contribution is 1.80. The topological polar surface area (TPSA) is 81.8 Å². The molecule has 0 aliphatic carbocycles. The lowest BCUT2D eigenvalue weighted by atomic mass is 10.4. The fourth-order valence-electron chi connectivity index (χ4n) is 0.770. The lowest BCUT2D eigenvalue weighted by Crippen LogP contribution is -1.47. The first kappa shape index (κ1) is 21.7. The molecule has 0 heterocycles. The number of halogens is 1. The number of hydrogen-bond acceptors (Lipinski definition) is 4. The lowest BCUT2D eigenvalue weighted by Gasteiger charge is -1.69. The van der Waals surface area contributed by atoms with Crippen LogP contribution in [0.5, 0.6) is 0 Å². The van der Waals surface area contributed by atoms with Gasteiger partial charge in [-0.3, -0.25) is 0 Å². The molecule has 0 amide bonds. The Morgan fingerprint density at radius 1 is 0.474 bits per heavy atom. The summed E-state index contributed by atoms with van der Waals surface area (Å²) in [5.74, 6) is 0. The Morgan fingerprint density at radius 2 is 0.526 bits per heavy atom. The molecule has 0 aliphatic heterocycles. The van der Waals surface area contributed by atoms with Crippen LogP contribution in [0.1, 0.15) is 0 Å². The van der Waals surface area contributed by atoms with E-state index in [0.717, 1.165) is 12.2 Å². The second-order valence-electron chi connectivity index (χ2n) is 2.51. The van der Waals surface area contributed by atoms with E-state index in [0.29, 0.717) is 0 Å². The minimum Gasteiger partial charge on any atom is -0.222 e. The summed E-state index contributed by atoms with van der Waals surface area (Å²) in [7, 11) is 0. The average Bonchev–Trinajstić information content (AvgIpc) is 2.45. The van der Waals surface area contributed by atoms with Crippen LogP contribution in [-0.4, -0.2) is 12.2 Å². The Bertz CT molecular complexity index is 327. The monoisotopic (exact) mass is 278 g/mol. The Kier molecular flexibility index (Phi) is 28.2. The molecule has 0 atom stereocenters. The molecule has 0 unspecified atom stereocenters. The molecular formula is C14H15ClN2O2. The van der Waals surface area contributed by atoms with Gasteiger partial charge >= 0.3 is 0 Å². The van der Waals surface area contributed by atoms with Crippen molar-refractivity contribution in [2.24, 2.45) is 0 Å². The molecule has 0 spiro atoms. The van der Waals surface area contributed by atoms with Crippen LogP contribution in [0.4, 0.5) is 0 Å². The van der Waals surface area contributed by atoms with Gasteiger partial charge in [0.1, 0.15) is 0 Å². The normalized spacial score (nSPS) is 5.89. The Labute approximate surface area is 118 Å². The van der Waals surface area contributed by atoms with Gasteiger partial charge in [0.2, 0.25) is 12.2 Å². The average molecular weight is 279 g/mol. The van der Waals surface area contributed by atoms with Crippen LogP contribution in [0.3, 0.4) is 0 Å². The van der Waals surface area contributed by atoms with E-state index in [1.54, 1.807) is 0 Å². The van der Waals surface area contributed by atoms with Crippen molar-refractivity contribution in [1.29, 1.82) is 10.8 Å². The van der Waals surface area contributed by atoms with Crippen molar-refractivity contribution >= 4 is 24.6 Å². The third-order valence-corrected chi connectivity index (χ3v) is 1.33. The number of nitrogens with one attached hydrogen (secondary N) is 2. The van der Waals surface area contributed by atoms with E-state index in [1.807, 2.05) is 72.8 Å². The smallest absolute Gasteiger partial charge is 0.222 e. The van der Waals surface area contributed by atoms with Crippen LogP contribution >= 0.6 is 12.4 Å². The van der Waals surface area contributed by atoms with Crippen molar-refractivity contribution in [3.8, 4) is 0 Å². The molecule has 19 heavy (non-hydrogen) atoms. The summed E-state index contributed by atoms with van der Waals surface area (Å²) in [5.41, 5.74) is 0. The van der Waals surface area contributed by atoms with E-state index in [9.17, 15) is 0 Å². The minimum absolute atomic E-state index is 0. The Morgan fingerprint density at radius 3 is 0.579 bits per heavy atom. The maximum atomic E-state index is 8.35. The van der Waals surface area contributed by atoms with Gasteiger partial charge in [-0.25, -0.2) is 20.4 Å². The maximum absolute atomic E-state index is 8.35. The molecule has 2 aromatic rings. The number of isocyanates is 2. The molecule has 2 N–H and O–H groups in total. The standard InChI is InChI=1S/2C6H6.2CHNO.ClH/c2*1-2-4-6-5-3-1;2*2-1-3;/h2*1-6H;2*2H;1H. The molecule has 0 fully saturated rings.